The molecule has 0 bridgehead atoms. The lowest BCUT2D eigenvalue weighted by molar-refractivity contribution is -0.133. The molecule has 0 aromatic rings. The van der Waals surface area contributed by atoms with Gasteiger partial charge in [0.2, 0.25) is 23.6 Å². The van der Waals surface area contributed by atoms with Gasteiger partial charge < -0.3 is 27.0 Å². The Labute approximate surface area is 129 Å². The molecule has 0 aliphatic rings. The molecule has 0 radical (unpaired) electrons. The lowest BCUT2D eigenvalue weighted by Gasteiger charge is -2.20. The van der Waals surface area contributed by atoms with E-state index in [4.69, 9.17) is 5.73 Å². The molecule has 0 fully saturated rings. The van der Waals surface area contributed by atoms with Gasteiger partial charge in [-0.1, -0.05) is 0 Å². The third-order valence-corrected chi connectivity index (χ3v) is 2.92. The summed E-state index contributed by atoms with van der Waals surface area (Å²) in [4.78, 5) is 46.4. The summed E-state index contributed by atoms with van der Waals surface area (Å²) in [6, 6.07) is -3.13. The second-order valence-electron chi connectivity index (χ2n) is 5.09. The van der Waals surface area contributed by atoms with Crippen molar-refractivity contribution in [3.63, 3.8) is 0 Å². The summed E-state index contributed by atoms with van der Waals surface area (Å²) in [6.45, 7) is 5.98. The smallest absolute Gasteiger partial charge is 0.242 e. The van der Waals surface area contributed by atoms with Crippen molar-refractivity contribution in [3.8, 4) is 0 Å². The summed E-state index contributed by atoms with van der Waals surface area (Å²) in [5.41, 5.74) is 5.38. The summed E-state index contributed by atoms with van der Waals surface area (Å²) in [5, 5.41) is 9.73. The van der Waals surface area contributed by atoms with E-state index >= 15 is 0 Å². The lowest BCUT2D eigenvalue weighted by atomic mass is 10.2. The zero-order valence-electron chi connectivity index (χ0n) is 13.5. The van der Waals surface area contributed by atoms with Crippen molar-refractivity contribution < 1.29 is 19.2 Å². The van der Waals surface area contributed by atoms with E-state index in [0.29, 0.717) is 0 Å². The number of hydrogen-bond acceptors (Lipinski definition) is 5. The van der Waals surface area contributed by atoms with Gasteiger partial charge >= 0.3 is 0 Å². The SMILES string of the molecule is CNC(=O)[C@H](C)NC(=O)[C@H](C)NC(=O)[C@H](C)NC(=O)[C@H](C)N. The molecule has 0 aliphatic heterocycles. The molecule has 126 valence electrons. The van der Waals surface area contributed by atoms with Gasteiger partial charge in [0.15, 0.2) is 0 Å². The van der Waals surface area contributed by atoms with Crippen LogP contribution >= 0.6 is 0 Å². The van der Waals surface area contributed by atoms with Crippen LogP contribution in [0.4, 0.5) is 0 Å². The quantitative estimate of drug-likeness (QED) is 0.356. The fourth-order valence-corrected chi connectivity index (χ4v) is 1.43. The van der Waals surface area contributed by atoms with E-state index in [1.807, 2.05) is 0 Å². The van der Waals surface area contributed by atoms with Gasteiger partial charge in [-0.25, -0.2) is 0 Å². The number of carbonyl (C=O) groups is 4. The van der Waals surface area contributed by atoms with Gasteiger partial charge in [-0.05, 0) is 27.7 Å². The maximum atomic E-state index is 11.9. The van der Waals surface area contributed by atoms with E-state index in [1.54, 1.807) is 0 Å². The van der Waals surface area contributed by atoms with Gasteiger partial charge in [0.05, 0.1) is 6.04 Å². The average molecular weight is 315 g/mol. The molecule has 0 spiro atoms. The molecule has 22 heavy (non-hydrogen) atoms. The highest BCUT2D eigenvalue weighted by atomic mass is 16.2. The minimum Gasteiger partial charge on any atom is -0.357 e. The Morgan fingerprint density at radius 3 is 1.32 bits per heavy atom. The van der Waals surface area contributed by atoms with Crippen LogP contribution in [0.15, 0.2) is 0 Å². The molecular formula is C13H25N5O4. The van der Waals surface area contributed by atoms with Crippen molar-refractivity contribution in [3.05, 3.63) is 0 Å². The van der Waals surface area contributed by atoms with E-state index in [2.05, 4.69) is 21.3 Å². The molecule has 6 N–H and O–H groups in total. The van der Waals surface area contributed by atoms with Crippen molar-refractivity contribution >= 4 is 23.6 Å². The third kappa shape index (κ3) is 6.53. The van der Waals surface area contributed by atoms with Crippen LogP contribution in [0.1, 0.15) is 27.7 Å². The molecule has 0 saturated carbocycles. The number of likely N-dealkylation sites (N-methyl/N-ethyl adjacent to an activating group) is 1. The summed E-state index contributed by atoms with van der Waals surface area (Å²) in [7, 11) is 1.46. The molecule has 0 aromatic heterocycles. The molecule has 0 rings (SSSR count). The first kappa shape index (κ1) is 19.8. The van der Waals surface area contributed by atoms with Gasteiger partial charge in [-0.15, -0.1) is 0 Å². The van der Waals surface area contributed by atoms with Gasteiger partial charge in [0.25, 0.3) is 0 Å². The first-order chi connectivity index (χ1) is 10.1. The first-order valence-electron chi connectivity index (χ1n) is 6.98. The number of carbonyl (C=O) groups excluding carboxylic acids is 4. The molecule has 0 saturated heterocycles. The van der Waals surface area contributed by atoms with Crippen molar-refractivity contribution in [2.24, 2.45) is 5.73 Å². The largest absolute Gasteiger partial charge is 0.357 e. The summed E-state index contributed by atoms with van der Waals surface area (Å²) in [6.07, 6.45) is 0. The van der Waals surface area contributed by atoms with Crippen LogP contribution in [0.5, 0.6) is 0 Å². The van der Waals surface area contributed by atoms with Crippen LogP contribution in [0, 0.1) is 0 Å². The Hall–Kier alpha value is -2.16. The maximum absolute atomic E-state index is 11.9. The fourth-order valence-electron chi connectivity index (χ4n) is 1.43. The Balaban J connectivity index is 4.42. The lowest BCUT2D eigenvalue weighted by Crippen LogP contribution is -2.55. The number of rotatable bonds is 7. The number of nitrogens with two attached hydrogens (primary N) is 1. The minimum absolute atomic E-state index is 0.343. The van der Waals surface area contributed by atoms with Crippen LogP contribution in [0.2, 0.25) is 0 Å². The first-order valence-corrected chi connectivity index (χ1v) is 6.98. The number of amides is 4. The van der Waals surface area contributed by atoms with Crippen LogP contribution < -0.4 is 27.0 Å². The normalized spacial score (nSPS) is 15.7. The molecule has 9 heteroatoms. The van der Waals surface area contributed by atoms with E-state index in [0.717, 1.165) is 0 Å². The van der Waals surface area contributed by atoms with E-state index in [1.165, 1.54) is 34.7 Å². The maximum Gasteiger partial charge on any atom is 0.242 e. The van der Waals surface area contributed by atoms with Gasteiger partial charge in [-0.2, -0.15) is 0 Å². The van der Waals surface area contributed by atoms with E-state index in [9.17, 15) is 19.2 Å². The van der Waals surface area contributed by atoms with Crippen LogP contribution in [-0.4, -0.2) is 54.8 Å². The summed E-state index contributed by atoms with van der Waals surface area (Å²) < 4.78 is 0. The molecule has 0 aromatic carbocycles. The topological polar surface area (TPSA) is 142 Å². The Kier molecular flexibility index (Phi) is 8.10. The highest BCUT2D eigenvalue weighted by molar-refractivity contribution is 5.94. The van der Waals surface area contributed by atoms with Crippen molar-refractivity contribution in [1.82, 2.24) is 21.3 Å². The minimum atomic E-state index is -0.853. The number of hydrogen-bond donors (Lipinski definition) is 5. The van der Waals surface area contributed by atoms with Crippen LogP contribution in [0.25, 0.3) is 0 Å². The van der Waals surface area contributed by atoms with Crippen molar-refractivity contribution in [2.75, 3.05) is 7.05 Å². The third-order valence-electron chi connectivity index (χ3n) is 2.92. The van der Waals surface area contributed by atoms with Gasteiger partial charge in [-0.3, -0.25) is 19.2 Å². The monoisotopic (exact) mass is 315 g/mol. The zero-order valence-corrected chi connectivity index (χ0v) is 13.5. The summed E-state index contributed by atoms with van der Waals surface area (Å²) in [5.74, 6) is -1.84. The number of nitrogens with one attached hydrogen (secondary N) is 4. The van der Waals surface area contributed by atoms with Crippen molar-refractivity contribution in [2.45, 2.75) is 51.9 Å². The zero-order chi connectivity index (χ0) is 17.4. The second-order valence-corrected chi connectivity index (χ2v) is 5.09. The molecule has 4 amide bonds. The molecule has 9 nitrogen and oxygen atoms in total. The average Bonchev–Trinajstić information content (AvgIpc) is 2.45. The van der Waals surface area contributed by atoms with Gasteiger partial charge in [0, 0.05) is 7.05 Å². The fraction of sp³-hybridized carbons (Fsp3) is 0.692. The predicted molar refractivity (Wildman–Crippen MR) is 80.5 cm³/mol. The molecule has 0 heterocycles. The standard InChI is InChI=1S/C13H25N5O4/c1-6(14)10(19)16-8(3)12(21)18-9(4)13(22)17-7(2)11(20)15-5/h6-9H,14H2,1-5H3,(H,15,20)(H,16,19)(H,17,22)(H,18,21)/t6-,7-,8-,9-/m0/s1. The molecule has 0 unspecified atom stereocenters. The predicted octanol–water partition coefficient (Wildman–Crippen LogP) is -2.41. The molecular weight excluding hydrogens is 290 g/mol. The summed E-state index contributed by atoms with van der Waals surface area (Å²) >= 11 is 0. The van der Waals surface area contributed by atoms with Gasteiger partial charge in [0.1, 0.15) is 18.1 Å². The molecule has 4 atom stereocenters. The second kappa shape index (κ2) is 8.98. The van der Waals surface area contributed by atoms with E-state index < -0.39 is 41.9 Å². The molecule has 0 aliphatic carbocycles. The Morgan fingerprint density at radius 2 is 1.00 bits per heavy atom. The highest BCUT2D eigenvalue weighted by Crippen LogP contribution is 1.91. The highest BCUT2D eigenvalue weighted by Gasteiger charge is 2.23. The van der Waals surface area contributed by atoms with E-state index in [-0.39, 0.29) is 5.91 Å². The Morgan fingerprint density at radius 1 is 0.682 bits per heavy atom. The van der Waals surface area contributed by atoms with Crippen molar-refractivity contribution in [1.29, 1.82) is 0 Å². The Bertz CT molecular complexity index is 438. The van der Waals surface area contributed by atoms with Crippen LogP contribution in [-0.2, 0) is 19.2 Å². The van der Waals surface area contributed by atoms with Crippen LogP contribution in [0.3, 0.4) is 0 Å².